The van der Waals surface area contributed by atoms with Crippen LogP contribution in [-0.4, -0.2) is 115 Å². The van der Waals surface area contributed by atoms with Crippen molar-refractivity contribution in [2.75, 3.05) is 75.8 Å². The van der Waals surface area contributed by atoms with E-state index in [0.717, 1.165) is 115 Å². The minimum Gasteiger partial charge on any atom is -0.455 e. The van der Waals surface area contributed by atoms with Crippen LogP contribution in [0.4, 0.5) is 17.1 Å². The number of aromatic amines is 1. The van der Waals surface area contributed by atoms with Crippen molar-refractivity contribution in [1.82, 2.24) is 24.5 Å². The lowest BCUT2D eigenvalue weighted by Gasteiger charge is -2.39. The summed E-state index contributed by atoms with van der Waals surface area (Å²) in [4.78, 5) is 41.3. The number of morpholine rings is 1. The molecular weight excluding hydrogens is 905 g/mol. The Hall–Kier alpha value is -5.37. The quantitative estimate of drug-likeness (QED) is 0.0577. The van der Waals surface area contributed by atoms with Crippen molar-refractivity contribution >= 4 is 60.9 Å². The predicted molar refractivity (Wildman–Crippen MR) is 265 cm³/mol. The SMILES string of the molecule is CC1(C)CCC(CN2CCN(c3ccc(C(=O)NS(=O)(=O)c4ccc(NC[C@H]5CC[C@](C)(O)CC5)c([N+](=O)[O-])c4)c(Oc4cnc5[nH]ccc5c4)c3)CC2)=C(c2cc(CN3CCOCC3)cs2)C1. The number of pyridine rings is 1. The van der Waals surface area contributed by atoms with Gasteiger partial charge in [-0.05, 0) is 122 Å². The number of carbonyl (C=O) groups excluding carboxylic acids is 1. The number of rotatable bonds is 15. The van der Waals surface area contributed by atoms with Crippen LogP contribution in [0.5, 0.6) is 11.5 Å². The Morgan fingerprint density at radius 1 is 0.985 bits per heavy atom. The van der Waals surface area contributed by atoms with E-state index in [1.54, 1.807) is 30.5 Å². The third-order valence-electron chi connectivity index (χ3n) is 14.1. The summed E-state index contributed by atoms with van der Waals surface area (Å²) in [5.41, 5.74) is 5.12. The fourth-order valence-corrected chi connectivity index (χ4v) is 11.9. The van der Waals surface area contributed by atoms with Gasteiger partial charge in [-0.1, -0.05) is 19.4 Å². The van der Waals surface area contributed by atoms with Gasteiger partial charge < -0.3 is 29.8 Å². The van der Waals surface area contributed by atoms with Gasteiger partial charge in [0.2, 0.25) is 0 Å². The molecule has 2 aromatic carbocycles. The summed E-state index contributed by atoms with van der Waals surface area (Å²) in [6.45, 7) is 15.5. The second-order valence-corrected chi connectivity index (χ2v) is 22.5. The highest BCUT2D eigenvalue weighted by atomic mass is 32.2. The zero-order valence-electron chi connectivity index (χ0n) is 39.1. The Bertz CT molecular complexity index is 2780. The van der Waals surface area contributed by atoms with Crippen molar-refractivity contribution in [2.45, 2.75) is 82.8 Å². The Balaban J connectivity index is 0.901. The summed E-state index contributed by atoms with van der Waals surface area (Å²) in [6.07, 6.45) is 9.39. The van der Waals surface area contributed by atoms with Crippen LogP contribution in [0, 0.1) is 21.4 Å². The third kappa shape index (κ3) is 11.4. The monoisotopic (exact) mass is 966 g/mol. The molecule has 1 saturated carbocycles. The number of piperazine rings is 1. The molecule has 4 N–H and O–H groups in total. The van der Waals surface area contributed by atoms with Crippen LogP contribution in [0.1, 0.15) is 86.5 Å². The number of nitrogens with zero attached hydrogens (tertiary/aromatic N) is 5. The van der Waals surface area contributed by atoms with E-state index in [4.69, 9.17) is 9.47 Å². The van der Waals surface area contributed by atoms with E-state index < -0.39 is 37.0 Å². The van der Waals surface area contributed by atoms with Crippen molar-refractivity contribution in [3.63, 3.8) is 0 Å². The summed E-state index contributed by atoms with van der Waals surface area (Å²) < 4.78 is 41.6. The number of nitro benzene ring substituents is 1. The molecule has 1 amide bonds. The molecule has 2 aliphatic carbocycles. The number of carbonyl (C=O) groups is 1. The predicted octanol–water partition coefficient (Wildman–Crippen LogP) is 8.41. The number of hydrogen-bond donors (Lipinski definition) is 4. The Morgan fingerprint density at radius 3 is 2.51 bits per heavy atom. The second kappa shape index (κ2) is 19.9. The van der Waals surface area contributed by atoms with Crippen LogP contribution in [0.2, 0.25) is 0 Å². The van der Waals surface area contributed by atoms with E-state index in [2.05, 4.69) is 60.0 Å². The van der Waals surface area contributed by atoms with Gasteiger partial charge in [0.15, 0.2) is 0 Å². The van der Waals surface area contributed by atoms with E-state index in [-0.39, 0.29) is 28.3 Å². The molecule has 3 fully saturated rings. The number of amides is 1. The number of allylic oxidation sites excluding steroid dienone is 1. The number of benzene rings is 2. The average Bonchev–Trinajstić information content (AvgIpc) is 3.99. The van der Waals surface area contributed by atoms with Gasteiger partial charge in [0.25, 0.3) is 21.6 Å². The summed E-state index contributed by atoms with van der Waals surface area (Å²) in [5.74, 6) is -0.267. The summed E-state index contributed by atoms with van der Waals surface area (Å²) >= 11 is 1.87. The number of ether oxygens (including phenoxy) is 2. The first-order valence-corrected chi connectivity index (χ1v) is 26.1. The van der Waals surface area contributed by atoms with Crippen molar-refractivity contribution in [3.8, 4) is 11.5 Å². The van der Waals surface area contributed by atoms with Crippen LogP contribution in [0.3, 0.4) is 0 Å². The number of anilines is 2. The first-order chi connectivity index (χ1) is 32.6. The van der Waals surface area contributed by atoms with E-state index in [1.807, 2.05) is 24.3 Å². The molecule has 3 aromatic heterocycles. The number of nitrogens with one attached hydrogen (secondary N) is 3. The van der Waals surface area contributed by atoms with Crippen LogP contribution >= 0.6 is 11.3 Å². The number of H-pyrrole nitrogens is 1. The molecular formula is C50H62N8O8S2. The number of thiophene rings is 1. The van der Waals surface area contributed by atoms with Crippen molar-refractivity contribution in [3.05, 3.63) is 104 Å². The molecule has 2 saturated heterocycles. The van der Waals surface area contributed by atoms with Crippen LogP contribution in [0.15, 0.2) is 82.8 Å². The second-order valence-electron chi connectivity index (χ2n) is 20.0. The van der Waals surface area contributed by atoms with Crippen LogP contribution in [0.25, 0.3) is 16.6 Å². The Kier molecular flexibility index (Phi) is 14.0. The van der Waals surface area contributed by atoms with Gasteiger partial charge in [0.1, 0.15) is 22.8 Å². The topological polar surface area (TPSA) is 196 Å². The zero-order valence-corrected chi connectivity index (χ0v) is 40.7. The maximum Gasteiger partial charge on any atom is 0.293 e. The first-order valence-electron chi connectivity index (χ1n) is 23.7. The molecule has 2 aliphatic heterocycles. The molecule has 5 aromatic rings. The molecule has 0 unspecified atom stereocenters. The molecule has 18 heteroatoms. The van der Waals surface area contributed by atoms with Crippen LogP contribution in [-0.2, 0) is 21.3 Å². The molecule has 0 spiro atoms. The molecule has 5 heterocycles. The van der Waals surface area contributed by atoms with Gasteiger partial charge in [-0.3, -0.25) is 24.7 Å². The summed E-state index contributed by atoms with van der Waals surface area (Å²) in [6, 6.07) is 14.7. The highest BCUT2D eigenvalue weighted by Gasteiger charge is 2.32. The Morgan fingerprint density at radius 2 is 1.75 bits per heavy atom. The first kappa shape index (κ1) is 47.7. The number of sulfonamides is 1. The fourth-order valence-electron chi connectivity index (χ4n) is 9.89. The van der Waals surface area contributed by atoms with E-state index >= 15 is 0 Å². The summed E-state index contributed by atoms with van der Waals surface area (Å²) in [5, 5.41) is 28.7. The standard InChI is InChI=1S/C50H62N8O8S2/c1-49(2)12-10-37(42(28-49)46-24-35(33-67-46)31-56-20-22-65-23-21-56)32-55-16-18-57(19-17-55)38-4-6-41(45(26-38)66-39-25-36-11-15-51-47(36)53-30-39)48(59)54-68(63,64)40-5-7-43(44(27-40)58(61)62)52-29-34-8-13-50(3,60)14-9-34/h4-7,11,15,24-27,30,33-34,52,60H,8-10,12-14,16-23,28-29,31-32H2,1-3H3,(H,51,53)(H,54,59)/t34-,50-. The maximum absolute atomic E-state index is 14.0. The van der Waals surface area contributed by atoms with Crippen molar-refractivity contribution in [1.29, 1.82) is 0 Å². The van der Waals surface area contributed by atoms with Gasteiger partial charge in [0.05, 0.1) is 40.4 Å². The fraction of sp³-hybridized carbons (Fsp3) is 0.480. The van der Waals surface area contributed by atoms with Gasteiger partial charge in [0, 0.05) is 93.2 Å². The number of hydrogen-bond acceptors (Lipinski definition) is 14. The molecule has 4 aliphatic rings. The van der Waals surface area contributed by atoms with Crippen LogP contribution < -0.4 is 19.7 Å². The Labute approximate surface area is 401 Å². The molecule has 362 valence electrons. The lowest BCUT2D eigenvalue weighted by Crippen LogP contribution is -2.47. The number of aromatic nitrogens is 2. The molecule has 0 atom stereocenters. The van der Waals surface area contributed by atoms with Gasteiger partial charge in [-0.25, -0.2) is 18.1 Å². The van der Waals surface area contributed by atoms with Gasteiger partial charge in [-0.2, -0.15) is 0 Å². The highest BCUT2D eigenvalue weighted by molar-refractivity contribution is 7.90. The minimum atomic E-state index is -4.58. The largest absolute Gasteiger partial charge is 0.455 e. The maximum atomic E-state index is 14.0. The van der Waals surface area contributed by atoms with E-state index in [0.29, 0.717) is 30.8 Å². The van der Waals surface area contributed by atoms with Crippen molar-refractivity contribution < 1.29 is 32.7 Å². The van der Waals surface area contributed by atoms with E-state index in [9.17, 15) is 28.4 Å². The number of nitro groups is 1. The smallest absolute Gasteiger partial charge is 0.293 e. The third-order valence-corrected chi connectivity index (χ3v) is 16.4. The number of aliphatic hydroxyl groups is 1. The molecule has 0 radical (unpaired) electrons. The van der Waals surface area contributed by atoms with Crippen molar-refractivity contribution in [2.24, 2.45) is 11.3 Å². The number of fused-ring (bicyclic) bond motifs is 1. The highest BCUT2D eigenvalue weighted by Crippen LogP contribution is 2.45. The average molecular weight is 967 g/mol. The lowest BCUT2D eigenvalue weighted by atomic mass is 9.73. The minimum absolute atomic E-state index is 0.0364. The molecule has 0 bridgehead atoms. The summed E-state index contributed by atoms with van der Waals surface area (Å²) in [7, 11) is -4.58. The van der Waals surface area contributed by atoms with Gasteiger partial charge >= 0.3 is 0 Å². The molecule has 9 rings (SSSR count). The van der Waals surface area contributed by atoms with E-state index in [1.165, 1.54) is 39.9 Å². The zero-order chi connectivity index (χ0) is 47.6. The lowest BCUT2D eigenvalue weighted by molar-refractivity contribution is -0.384. The molecule has 68 heavy (non-hydrogen) atoms. The molecule has 16 nitrogen and oxygen atoms in total. The van der Waals surface area contributed by atoms with Gasteiger partial charge in [-0.15, -0.1) is 11.3 Å². The normalized spacial score (nSPS) is 21.8.